The molecule has 0 heterocycles. The van der Waals surface area contributed by atoms with Crippen LogP contribution in [0.25, 0.3) is 0 Å². The van der Waals surface area contributed by atoms with Gasteiger partial charge in [-0.1, -0.05) is 51.4 Å². The number of hydrogen-bond donors (Lipinski definition) is 1. The fraction of sp³-hybridized carbons (Fsp3) is 0.882. The number of hydrogen-bond acceptors (Lipinski definition) is 5. The van der Waals surface area contributed by atoms with E-state index in [2.05, 4.69) is 4.74 Å². The summed E-state index contributed by atoms with van der Waals surface area (Å²) in [6, 6.07) is 1.19. The Morgan fingerprint density at radius 3 is 1.88 bits per heavy atom. The Labute approximate surface area is 165 Å². The molecule has 1 N–H and O–H groups in total. The van der Waals surface area contributed by atoms with Crippen molar-refractivity contribution in [3.63, 3.8) is 0 Å². The maximum absolute atomic E-state index is 11.3. The van der Waals surface area contributed by atoms with Crippen molar-refractivity contribution in [1.82, 2.24) is 4.90 Å². The zero-order valence-electron chi connectivity index (χ0n) is 15.5. The van der Waals surface area contributed by atoms with Crippen molar-refractivity contribution in [1.29, 1.82) is 0 Å². The maximum Gasteiger partial charge on any atom is 0.319 e. The number of carbonyl (C=O) groups excluding carboxylic acids is 1. The van der Waals surface area contributed by atoms with E-state index in [4.69, 9.17) is 9.53 Å². The molecule has 0 saturated heterocycles. The molecule has 0 aliphatic heterocycles. The van der Waals surface area contributed by atoms with Crippen LogP contribution in [-0.4, -0.2) is 65.6 Å². The number of carboxylic acids is 1. The molecule has 0 unspecified atom stereocenters. The third-order valence-corrected chi connectivity index (χ3v) is 4.68. The molecule has 8 heteroatoms. The summed E-state index contributed by atoms with van der Waals surface area (Å²) in [7, 11) is 3.73. The van der Waals surface area contributed by atoms with Crippen LogP contribution in [0.2, 0.25) is 6.04 Å². The minimum atomic E-state index is -0.912. The van der Waals surface area contributed by atoms with Gasteiger partial charge in [0.1, 0.15) is 0 Å². The molecular weight excluding hydrogens is 390 g/mol. The molecule has 6 nitrogen and oxygen atoms in total. The Balaban J connectivity index is 0. The minimum Gasteiger partial charge on any atom is -0.480 e. The summed E-state index contributed by atoms with van der Waals surface area (Å²) in [5.74, 6) is -1.30. The molecular formula is C17H33CuNO5Si. The molecule has 25 heavy (non-hydrogen) atoms. The van der Waals surface area contributed by atoms with Gasteiger partial charge >= 0.3 is 11.9 Å². The van der Waals surface area contributed by atoms with Crippen molar-refractivity contribution in [3.05, 3.63) is 0 Å². The minimum absolute atomic E-state index is 0. The SMILES string of the molecule is CO[Si]CCCCCCCCCCCN(CC(=O)O)CC(=O)OC.[Cu]. The van der Waals surface area contributed by atoms with Gasteiger partial charge in [0.2, 0.25) is 9.76 Å². The summed E-state index contributed by atoms with van der Waals surface area (Å²) in [5, 5.41) is 8.86. The summed E-state index contributed by atoms with van der Waals surface area (Å²) in [6.45, 7) is 0.562. The first-order valence-electron chi connectivity index (χ1n) is 8.87. The molecule has 0 amide bonds. The van der Waals surface area contributed by atoms with E-state index in [1.165, 1.54) is 58.1 Å². The first kappa shape index (κ1) is 26.8. The molecule has 0 rings (SSSR count). The zero-order chi connectivity index (χ0) is 18.0. The number of unbranched alkanes of at least 4 members (excludes halogenated alkanes) is 8. The average molecular weight is 423 g/mol. The number of carbonyl (C=O) groups is 2. The summed E-state index contributed by atoms with van der Waals surface area (Å²) in [5.41, 5.74) is 0. The second-order valence-electron chi connectivity index (χ2n) is 5.96. The molecule has 0 aromatic heterocycles. The summed E-state index contributed by atoms with van der Waals surface area (Å²) in [6.07, 6.45) is 10.8. The van der Waals surface area contributed by atoms with Crippen molar-refractivity contribution in [2.75, 3.05) is 33.9 Å². The zero-order valence-corrected chi connectivity index (χ0v) is 17.5. The summed E-state index contributed by atoms with van der Waals surface area (Å²) in [4.78, 5) is 23.7. The van der Waals surface area contributed by atoms with Crippen LogP contribution < -0.4 is 0 Å². The first-order valence-corrected chi connectivity index (χ1v) is 9.98. The van der Waals surface area contributed by atoms with Gasteiger partial charge in [0.05, 0.1) is 20.2 Å². The van der Waals surface area contributed by atoms with Crippen molar-refractivity contribution in [3.8, 4) is 0 Å². The third-order valence-electron chi connectivity index (χ3n) is 3.84. The molecule has 0 bridgehead atoms. The molecule has 0 aliphatic rings. The Hall–Kier alpha value is -0.404. The standard InChI is InChI=1S/C17H33NO5Si.Cu/c1-22-17(21)15-18(14-16(19)20)12-10-8-6-4-3-5-7-9-11-13-24-23-2;/h3-15H2,1-2H3,(H,19,20);. The van der Waals surface area contributed by atoms with Crippen LogP contribution in [0.15, 0.2) is 0 Å². The van der Waals surface area contributed by atoms with Crippen LogP contribution in [0, 0.1) is 0 Å². The van der Waals surface area contributed by atoms with E-state index in [9.17, 15) is 9.59 Å². The Kier molecular flexibility index (Phi) is 21.4. The van der Waals surface area contributed by atoms with Gasteiger partial charge in [0.15, 0.2) is 0 Å². The monoisotopic (exact) mass is 422 g/mol. The van der Waals surface area contributed by atoms with Gasteiger partial charge in [-0.05, 0) is 19.0 Å². The molecule has 0 fully saturated rings. The number of nitrogens with zero attached hydrogens (tertiary/aromatic N) is 1. The fourth-order valence-corrected chi connectivity index (χ4v) is 3.12. The van der Waals surface area contributed by atoms with Gasteiger partial charge in [-0.25, -0.2) is 0 Å². The summed E-state index contributed by atoms with van der Waals surface area (Å²) >= 11 is 0. The van der Waals surface area contributed by atoms with E-state index in [0.717, 1.165) is 12.8 Å². The molecule has 0 saturated carbocycles. The quantitative estimate of drug-likeness (QED) is 0.220. The Morgan fingerprint density at radius 2 is 1.40 bits per heavy atom. The van der Waals surface area contributed by atoms with Crippen molar-refractivity contribution < 1.29 is 40.9 Å². The predicted molar refractivity (Wildman–Crippen MR) is 95.2 cm³/mol. The van der Waals surface area contributed by atoms with Gasteiger partial charge in [-0.3, -0.25) is 14.5 Å². The van der Waals surface area contributed by atoms with E-state index in [0.29, 0.717) is 16.3 Å². The van der Waals surface area contributed by atoms with Crippen LogP contribution in [0.3, 0.4) is 0 Å². The third kappa shape index (κ3) is 19.8. The second kappa shape index (κ2) is 19.9. The fourth-order valence-electron chi connectivity index (χ4n) is 2.52. The van der Waals surface area contributed by atoms with Crippen molar-refractivity contribution in [2.24, 2.45) is 0 Å². The van der Waals surface area contributed by atoms with Gasteiger partial charge in [0.25, 0.3) is 0 Å². The van der Waals surface area contributed by atoms with Crippen LogP contribution in [0.4, 0.5) is 0 Å². The van der Waals surface area contributed by atoms with Gasteiger partial charge in [-0.2, -0.15) is 0 Å². The average Bonchev–Trinajstić information content (AvgIpc) is 2.55. The van der Waals surface area contributed by atoms with Crippen LogP contribution in [0.1, 0.15) is 57.8 Å². The Bertz CT molecular complexity index is 334. The van der Waals surface area contributed by atoms with E-state index >= 15 is 0 Å². The molecule has 151 valence electrons. The van der Waals surface area contributed by atoms with Gasteiger partial charge < -0.3 is 14.3 Å². The predicted octanol–water partition coefficient (Wildman–Crippen LogP) is 2.74. The maximum atomic E-state index is 11.3. The number of rotatable bonds is 17. The van der Waals surface area contributed by atoms with Gasteiger partial charge in [0, 0.05) is 24.2 Å². The Morgan fingerprint density at radius 1 is 0.880 bits per heavy atom. The molecule has 0 aromatic carbocycles. The topological polar surface area (TPSA) is 76.1 Å². The van der Waals surface area contributed by atoms with Crippen LogP contribution in [-0.2, 0) is 35.8 Å². The molecule has 0 spiro atoms. The van der Waals surface area contributed by atoms with E-state index < -0.39 is 5.97 Å². The number of aliphatic carboxylic acids is 1. The van der Waals surface area contributed by atoms with E-state index in [1.807, 2.05) is 0 Å². The van der Waals surface area contributed by atoms with E-state index in [1.54, 1.807) is 12.0 Å². The largest absolute Gasteiger partial charge is 0.480 e. The first-order chi connectivity index (χ1) is 11.6. The molecule has 0 aliphatic carbocycles. The normalized spacial score (nSPS) is 10.5. The van der Waals surface area contributed by atoms with E-state index in [-0.39, 0.29) is 36.1 Å². The number of ether oxygens (including phenoxy) is 1. The van der Waals surface area contributed by atoms with Gasteiger partial charge in [-0.15, -0.1) is 0 Å². The number of esters is 1. The van der Waals surface area contributed by atoms with Crippen LogP contribution in [0.5, 0.6) is 0 Å². The van der Waals surface area contributed by atoms with Crippen molar-refractivity contribution >= 4 is 21.7 Å². The molecule has 3 radical (unpaired) electrons. The summed E-state index contributed by atoms with van der Waals surface area (Å²) < 4.78 is 9.65. The number of methoxy groups -OCH3 is 1. The molecule has 0 aromatic rings. The molecule has 0 atom stereocenters. The van der Waals surface area contributed by atoms with Crippen LogP contribution >= 0.6 is 0 Å². The number of carboxylic acid groups (broad SMARTS) is 1. The second-order valence-corrected chi connectivity index (χ2v) is 7.16. The smallest absolute Gasteiger partial charge is 0.319 e. The van der Waals surface area contributed by atoms with Crippen molar-refractivity contribution in [2.45, 2.75) is 63.8 Å².